The second-order valence-corrected chi connectivity index (χ2v) is 9.22. The van der Waals surface area contributed by atoms with Crippen LogP contribution >= 0.6 is 0 Å². The molecule has 2 aromatic carbocycles. The van der Waals surface area contributed by atoms with Crippen molar-refractivity contribution in [3.05, 3.63) is 114 Å². The third-order valence-corrected chi connectivity index (χ3v) is 7.34. The van der Waals surface area contributed by atoms with Crippen LogP contribution in [-0.4, -0.2) is 9.52 Å². The minimum Gasteiger partial charge on any atom is -0.358 e. The first kappa shape index (κ1) is 29.5. The molecule has 0 heterocycles. The summed E-state index contributed by atoms with van der Waals surface area (Å²) >= 11 is 0. The molecule has 2 aromatic rings. The van der Waals surface area contributed by atoms with E-state index in [0.29, 0.717) is 0 Å². The number of benzene rings is 2. The Morgan fingerprint density at radius 2 is 0.935 bits per heavy atom. The summed E-state index contributed by atoms with van der Waals surface area (Å²) in [5, 5.41) is 3.14. The van der Waals surface area contributed by atoms with Crippen molar-refractivity contribution in [1.82, 2.24) is 0 Å². The molecule has 2 aliphatic carbocycles. The Bertz CT molecular complexity index is 802. The molecule has 0 aromatic heterocycles. The van der Waals surface area contributed by atoms with Crippen LogP contribution in [0.5, 0.6) is 0 Å². The van der Waals surface area contributed by atoms with Gasteiger partial charge in [0.15, 0.2) is 0 Å². The molecule has 0 nitrogen and oxygen atoms in total. The van der Waals surface area contributed by atoms with E-state index in [4.69, 9.17) is 0 Å². The molecule has 0 atom stereocenters. The normalized spacial score (nSPS) is 12.3. The third kappa shape index (κ3) is 10.1. The van der Waals surface area contributed by atoms with Crippen molar-refractivity contribution in [3.8, 4) is 0 Å². The Labute approximate surface area is 213 Å². The Hall–Kier alpha value is -1.50. The molecule has 2 radical (unpaired) electrons. The number of allylic oxidation sites excluding steroid dienone is 8. The molecule has 0 unspecified atom stereocenters. The SMILES string of the molecule is Cc1cc(C)c([SiH]c2c(C)cc(C)cc2C)c(C)c1.[C-]1=CC=CC1.[C-]1=CC=CC1.[CH3-].[Zr+3]. The van der Waals surface area contributed by atoms with Crippen LogP contribution in [0.3, 0.4) is 0 Å². The maximum absolute atomic E-state index is 2.99. The molecule has 0 amide bonds. The molecule has 4 rings (SSSR count). The zero-order valence-electron chi connectivity index (χ0n) is 20.3. The summed E-state index contributed by atoms with van der Waals surface area (Å²) in [6, 6.07) is 9.25. The van der Waals surface area contributed by atoms with E-state index >= 15 is 0 Å². The smallest absolute Gasteiger partial charge is 0.358 e. The average Bonchev–Trinajstić information content (AvgIpc) is 3.38. The summed E-state index contributed by atoms with van der Waals surface area (Å²) < 4.78 is 0. The van der Waals surface area contributed by atoms with Crippen molar-refractivity contribution >= 4 is 19.9 Å². The summed E-state index contributed by atoms with van der Waals surface area (Å²) in [6.45, 7) is 13.4. The molecule has 31 heavy (non-hydrogen) atoms. The Balaban J connectivity index is 0.000000615. The third-order valence-electron chi connectivity index (χ3n) is 4.94. The Morgan fingerprint density at radius 3 is 1.13 bits per heavy atom. The molecule has 2 heteroatoms. The van der Waals surface area contributed by atoms with Gasteiger partial charge in [0.05, 0.1) is 0 Å². The monoisotopic (exact) mass is 502 g/mol. The fourth-order valence-corrected chi connectivity index (χ4v) is 5.20. The molecule has 0 saturated carbocycles. The van der Waals surface area contributed by atoms with Crippen LogP contribution in [0.1, 0.15) is 46.2 Å². The van der Waals surface area contributed by atoms with E-state index in [1.807, 2.05) is 24.3 Å². The van der Waals surface area contributed by atoms with Gasteiger partial charge in [0.1, 0.15) is 9.52 Å². The van der Waals surface area contributed by atoms with Crippen molar-refractivity contribution in [1.29, 1.82) is 0 Å². The topological polar surface area (TPSA) is 0 Å². The summed E-state index contributed by atoms with van der Waals surface area (Å²) in [7, 11) is 0.191. The van der Waals surface area contributed by atoms with E-state index in [-0.39, 0.29) is 43.1 Å². The van der Waals surface area contributed by atoms with E-state index in [0.717, 1.165) is 12.8 Å². The van der Waals surface area contributed by atoms with Gasteiger partial charge in [0, 0.05) is 0 Å². The zero-order chi connectivity index (χ0) is 21.2. The molecule has 0 N–H and O–H groups in total. The summed E-state index contributed by atoms with van der Waals surface area (Å²) in [4.78, 5) is 0. The molecular weight excluding hydrogens is 468 g/mol. The van der Waals surface area contributed by atoms with Crippen LogP contribution in [-0.2, 0) is 26.2 Å². The van der Waals surface area contributed by atoms with E-state index in [9.17, 15) is 0 Å². The van der Waals surface area contributed by atoms with Crippen LogP contribution in [0.4, 0.5) is 0 Å². The van der Waals surface area contributed by atoms with Gasteiger partial charge in [-0.3, -0.25) is 12.2 Å². The van der Waals surface area contributed by atoms with Gasteiger partial charge in [0.25, 0.3) is 0 Å². The maximum Gasteiger partial charge on any atom is 3.00 e. The number of hydrogen-bond acceptors (Lipinski definition) is 0. The van der Waals surface area contributed by atoms with Gasteiger partial charge < -0.3 is 7.43 Å². The Morgan fingerprint density at radius 1 is 0.613 bits per heavy atom. The minimum absolute atomic E-state index is 0. The van der Waals surface area contributed by atoms with E-state index in [1.54, 1.807) is 10.4 Å². The molecule has 0 saturated heterocycles. The van der Waals surface area contributed by atoms with Crippen LogP contribution in [0.2, 0.25) is 0 Å². The fourth-order valence-electron chi connectivity index (χ4n) is 3.66. The van der Waals surface area contributed by atoms with Gasteiger partial charge in [-0.25, -0.2) is 24.3 Å². The quantitative estimate of drug-likeness (QED) is 0.349. The number of aryl methyl sites for hydroxylation is 6. The predicted octanol–water partition coefficient (Wildman–Crippen LogP) is 5.98. The van der Waals surface area contributed by atoms with Gasteiger partial charge in [-0.1, -0.05) is 68.0 Å². The molecule has 2 aliphatic rings. The fraction of sp³-hybridized carbons (Fsp3) is 0.276. The van der Waals surface area contributed by atoms with Crippen LogP contribution < -0.4 is 10.4 Å². The van der Waals surface area contributed by atoms with E-state index in [2.05, 4.69) is 90.1 Å². The van der Waals surface area contributed by atoms with Crippen LogP contribution in [0.15, 0.2) is 60.7 Å². The Kier molecular flexibility index (Phi) is 14.6. The largest absolute Gasteiger partial charge is 3.00 e. The summed E-state index contributed by atoms with van der Waals surface area (Å²) in [6.07, 6.45) is 20.0. The number of rotatable bonds is 2. The molecule has 0 spiro atoms. The first-order valence-corrected chi connectivity index (χ1v) is 11.5. The van der Waals surface area contributed by atoms with Crippen molar-refractivity contribution < 1.29 is 26.2 Å². The van der Waals surface area contributed by atoms with Crippen molar-refractivity contribution in [2.45, 2.75) is 54.4 Å². The average molecular weight is 504 g/mol. The summed E-state index contributed by atoms with van der Waals surface area (Å²) in [5.41, 5.74) is 8.54. The maximum atomic E-state index is 2.99. The van der Waals surface area contributed by atoms with Gasteiger partial charge in [-0.05, 0) is 41.5 Å². The van der Waals surface area contributed by atoms with Gasteiger partial charge in [-0.2, -0.15) is 12.2 Å². The second-order valence-electron chi connectivity index (χ2n) is 7.78. The minimum atomic E-state index is 0. The van der Waals surface area contributed by atoms with Crippen molar-refractivity contribution in [2.75, 3.05) is 0 Å². The zero-order valence-corrected chi connectivity index (χ0v) is 23.9. The van der Waals surface area contributed by atoms with Gasteiger partial charge >= 0.3 is 26.2 Å². The standard InChI is InChI=1S/C18H23Si.2C5H5.CH3.Zr/c1-11-7-13(3)17(14(4)8-11)19-18-15(5)9-12(2)10-16(18)6;2*1-2-4-5-3-1;;/h7-10,19H,1-6H3;2*1-3H,4H2;1H3;/q;3*-1;+3. The van der Waals surface area contributed by atoms with E-state index in [1.165, 1.54) is 33.4 Å². The molecule has 0 bridgehead atoms. The first-order valence-electron chi connectivity index (χ1n) is 10.3. The molecular formula is C29H36SiZr. The van der Waals surface area contributed by atoms with Crippen molar-refractivity contribution in [2.24, 2.45) is 0 Å². The second kappa shape index (κ2) is 15.3. The molecule has 0 fully saturated rings. The van der Waals surface area contributed by atoms with Crippen molar-refractivity contribution in [3.63, 3.8) is 0 Å². The van der Waals surface area contributed by atoms with E-state index < -0.39 is 0 Å². The molecule has 160 valence electrons. The van der Waals surface area contributed by atoms with Crippen LogP contribution in [0.25, 0.3) is 0 Å². The van der Waals surface area contributed by atoms with Gasteiger partial charge in [0.2, 0.25) is 0 Å². The van der Waals surface area contributed by atoms with Gasteiger partial charge in [-0.15, -0.1) is 12.8 Å². The summed E-state index contributed by atoms with van der Waals surface area (Å²) in [5.74, 6) is 0. The predicted molar refractivity (Wildman–Crippen MR) is 137 cm³/mol. The first-order chi connectivity index (χ1) is 13.9. The number of hydrogen-bond donors (Lipinski definition) is 0. The molecule has 0 aliphatic heterocycles. The van der Waals surface area contributed by atoms with Crippen LogP contribution in [0, 0.1) is 61.1 Å².